The van der Waals surface area contributed by atoms with Crippen LogP contribution in [0.15, 0.2) is 42.3 Å². The van der Waals surface area contributed by atoms with Gasteiger partial charge in [-0.2, -0.15) is 0 Å². The zero-order chi connectivity index (χ0) is 20.5. The molecule has 0 fully saturated rings. The van der Waals surface area contributed by atoms with Crippen LogP contribution in [0.25, 0.3) is 0 Å². The van der Waals surface area contributed by atoms with E-state index in [2.05, 4.69) is 0 Å². The van der Waals surface area contributed by atoms with Gasteiger partial charge < -0.3 is 19.1 Å². The fourth-order valence-electron chi connectivity index (χ4n) is 2.90. The predicted molar refractivity (Wildman–Crippen MR) is 97.5 cm³/mol. The number of fused-ring (bicyclic) bond motifs is 1. The molecule has 1 amide bonds. The number of hydrogen-bond donors (Lipinski definition) is 0. The number of halogens is 2. The summed E-state index contributed by atoms with van der Waals surface area (Å²) in [6, 6.07) is 4.56. The third-order valence-corrected chi connectivity index (χ3v) is 4.07. The minimum absolute atomic E-state index is 0.0239. The van der Waals surface area contributed by atoms with Gasteiger partial charge in [-0.3, -0.25) is 9.59 Å². The molecule has 0 radical (unpaired) electrons. The Labute approximate surface area is 161 Å². The molecule has 0 spiro atoms. The molecule has 0 bridgehead atoms. The summed E-state index contributed by atoms with van der Waals surface area (Å²) in [6.45, 7) is 4.57. The molecule has 6 nitrogen and oxygen atoms in total. The van der Waals surface area contributed by atoms with Gasteiger partial charge in [-0.1, -0.05) is 6.08 Å². The Morgan fingerprint density at radius 1 is 1.25 bits per heavy atom. The van der Waals surface area contributed by atoms with Gasteiger partial charge in [0.05, 0.1) is 0 Å². The lowest BCUT2D eigenvalue weighted by Gasteiger charge is -2.29. The molecule has 1 aliphatic heterocycles. The topological polar surface area (TPSA) is 65.1 Å². The number of anilines is 1. The summed E-state index contributed by atoms with van der Waals surface area (Å²) in [4.78, 5) is 26.4. The van der Waals surface area contributed by atoms with Crippen LogP contribution < -0.4 is 14.4 Å². The number of carbonyl (C=O) groups is 2. The van der Waals surface area contributed by atoms with Crippen molar-refractivity contribution < 1.29 is 32.6 Å². The second-order valence-electron chi connectivity index (χ2n) is 7.41. The molecule has 2 atom stereocenters. The van der Waals surface area contributed by atoms with E-state index in [1.807, 2.05) is 0 Å². The zero-order valence-corrected chi connectivity index (χ0v) is 15.8. The van der Waals surface area contributed by atoms with Crippen molar-refractivity contribution in [3.8, 4) is 11.5 Å². The molecule has 8 heteroatoms. The summed E-state index contributed by atoms with van der Waals surface area (Å²) in [6.07, 6.45) is 1.50. The Morgan fingerprint density at radius 3 is 2.64 bits per heavy atom. The summed E-state index contributed by atoms with van der Waals surface area (Å²) in [5, 5.41) is 0. The van der Waals surface area contributed by atoms with Crippen molar-refractivity contribution in [1.82, 2.24) is 0 Å². The van der Waals surface area contributed by atoms with Crippen LogP contribution in [0.5, 0.6) is 11.5 Å². The van der Waals surface area contributed by atoms with Crippen molar-refractivity contribution in [2.45, 2.75) is 32.5 Å². The summed E-state index contributed by atoms with van der Waals surface area (Å²) in [5.74, 6) is -3.33. The Kier molecular flexibility index (Phi) is 5.40. The number of amides is 1. The van der Waals surface area contributed by atoms with Crippen LogP contribution in [0.3, 0.4) is 0 Å². The van der Waals surface area contributed by atoms with Gasteiger partial charge in [0.15, 0.2) is 11.5 Å². The van der Waals surface area contributed by atoms with Gasteiger partial charge in [0.25, 0.3) is 0 Å². The molecule has 2 aliphatic rings. The summed E-state index contributed by atoms with van der Waals surface area (Å²) < 4.78 is 44.3. The molecule has 0 saturated heterocycles. The van der Waals surface area contributed by atoms with Crippen molar-refractivity contribution in [2.75, 3.05) is 18.2 Å². The number of ether oxygens (including phenoxy) is 3. The predicted octanol–water partition coefficient (Wildman–Crippen LogP) is 3.47. The van der Waals surface area contributed by atoms with E-state index in [4.69, 9.17) is 14.2 Å². The largest absolute Gasteiger partial charge is 0.459 e. The maximum absolute atomic E-state index is 14.3. The van der Waals surface area contributed by atoms with E-state index in [1.165, 1.54) is 18.2 Å². The highest BCUT2D eigenvalue weighted by molar-refractivity contribution is 6.01. The van der Waals surface area contributed by atoms with Gasteiger partial charge in [-0.15, -0.1) is 0 Å². The standard InChI is InChI=1S/C20H21F2NO5/c1-20(2,3)28-17(24)10-23(12-7-8-15-16(9-12)27-11-26-15)19(25)18-13(21)5-4-6-14(18)22/h4-9,13,18H,10-11H2,1-3H3. The van der Waals surface area contributed by atoms with Crippen molar-refractivity contribution in [2.24, 2.45) is 5.92 Å². The number of benzene rings is 1. The molecule has 150 valence electrons. The molecule has 0 saturated carbocycles. The van der Waals surface area contributed by atoms with E-state index in [9.17, 15) is 18.4 Å². The monoisotopic (exact) mass is 393 g/mol. The Balaban J connectivity index is 1.92. The molecule has 1 aliphatic carbocycles. The first-order chi connectivity index (χ1) is 13.2. The van der Waals surface area contributed by atoms with E-state index in [0.29, 0.717) is 11.5 Å². The number of nitrogens with zero attached hydrogens (tertiary/aromatic N) is 1. The first kappa shape index (κ1) is 19.9. The quantitative estimate of drug-likeness (QED) is 0.733. The SMILES string of the molecule is CC(C)(C)OC(=O)CN(C(=O)C1C(F)=CC=CC1F)c1ccc2c(c1)OCO2. The average molecular weight is 393 g/mol. The van der Waals surface area contributed by atoms with Crippen LogP contribution in [-0.2, 0) is 14.3 Å². The van der Waals surface area contributed by atoms with Crippen LogP contribution in [0.2, 0.25) is 0 Å². The van der Waals surface area contributed by atoms with Crippen LogP contribution in [-0.4, -0.2) is 37.0 Å². The van der Waals surface area contributed by atoms with Gasteiger partial charge >= 0.3 is 5.97 Å². The first-order valence-electron chi connectivity index (χ1n) is 8.76. The maximum atomic E-state index is 14.3. The van der Waals surface area contributed by atoms with Gasteiger partial charge in [-0.05, 0) is 45.1 Å². The smallest absolute Gasteiger partial charge is 0.326 e. The van der Waals surface area contributed by atoms with E-state index in [-0.39, 0.29) is 12.5 Å². The van der Waals surface area contributed by atoms with E-state index >= 15 is 0 Å². The van der Waals surface area contributed by atoms with Gasteiger partial charge in [-0.25, -0.2) is 8.78 Å². The molecular weight excluding hydrogens is 372 g/mol. The van der Waals surface area contributed by atoms with Gasteiger partial charge in [0.1, 0.15) is 30.1 Å². The normalized spacial score (nSPS) is 20.5. The number of alkyl halides is 1. The fraction of sp³-hybridized carbons (Fsp3) is 0.400. The van der Waals surface area contributed by atoms with Gasteiger partial charge in [0.2, 0.25) is 12.7 Å². The second-order valence-corrected chi connectivity index (χ2v) is 7.41. The molecule has 0 N–H and O–H groups in total. The number of esters is 1. The lowest BCUT2D eigenvalue weighted by atomic mass is 9.95. The third-order valence-electron chi connectivity index (χ3n) is 4.07. The number of hydrogen-bond acceptors (Lipinski definition) is 5. The van der Waals surface area contributed by atoms with E-state index < -0.39 is 41.9 Å². The van der Waals surface area contributed by atoms with Gasteiger partial charge in [0, 0.05) is 11.8 Å². The fourth-order valence-corrected chi connectivity index (χ4v) is 2.90. The summed E-state index contributed by atoms with van der Waals surface area (Å²) >= 11 is 0. The van der Waals surface area contributed by atoms with Crippen molar-refractivity contribution in [3.05, 3.63) is 42.3 Å². The maximum Gasteiger partial charge on any atom is 0.326 e. The van der Waals surface area contributed by atoms with E-state index in [1.54, 1.807) is 26.8 Å². The molecule has 3 rings (SSSR count). The number of carbonyl (C=O) groups excluding carboxylic acids is 2. The lowest BCUT2D eigenvalue weighted by molar-refractivity contribution is -0.153. The highest BCUT2D eigenvalue weighted by Crippen LogP contribution is 2.37. The average Bonchev–Trinajstić information content (AvgIpc) is 3.05. The van der Waals surface area contributed by atoms with Crippen molar-refractivity contribution in [3.63, 3.8) is 0 Å². The second kappa shape index (κ2) is 7.61. The minimum Gasteiger partial charge on any atom is -0.459 e. The molecule has 1 aromatic rings. The first-order valence-corrected chi connectivity index (χ1v) is 8.76. The zero-order valence-electron chi connectivity index (χ0n) is 15.8. The molecule has 2 unspecified atom stereocenters. The molecule has 28 heavy (non-hydrogen) atoms. The minimum atomic E-state index is -1.84. The number of allylic oxidation sites excluding steroid dienone is 3. The van der Waals surface area contributed by atoms with E-state index in [0.717, 1.165) is 17.1 Å². The van der Waals surface area contributed by atoms with Crippen LogP contribution in [0, 0.1) is 5.92 Å². The summed E-state index contributed by atoms with van der Waals surface area (Å²) in [5.41, 5.74) is -0.531. The highest BCUT2D eigenvalue weighted by atomic mass is 19.1. The van der Waals surface area contributed by atoms with Crippen molar-refractivity contribution >= 4 is 17.6 Å². The lowest BCUT2D eigenvalue weighted by Crippen LogP contribution is -2.44. The molecule has 1 heterocycles. The van der Waals surface area contributed by atoms with Crippen LogP contribution in [0.4, 0.5) is 14.5 Å². The van der Waals surface area contributed by atoms with Crippen LogP contribution >= 0.6 is 0 Å². The Bertz CT molecular complexity index is 843. The van der Waals surface area contributed by atoms with Crippen molar-refractivity contribution in [1.29, 1.82) is 0 Å². The third kappa shape index (κ3) is 4.32. The number of rotatable bonds is 4. The summed E-state index contributed by atoms with van der Waals surface area (Å²) in [7, 11) is 0. The Morgan fingerprint density at radius 2 is 1.96 bits per heavy atom. The van der Waals surface area contributed by atoms with Crippen LogP contribution in [0.1, 0.15) is 20.8 Å². The Hall–Kier alpha value is -2.90. The molecular formula is C20H21F2NO5. The molecule has 0 aromatic heterocycles. The molecule has 1 aromatic carbocycles. The highest BCUT2D eigenvalue weighted by Gasteiger charge is 2.38.